The predicted molar refractivity (Wildman–Crippen MR) is 51.2 cm³/mol. The van der Waals surface area contributed by atoms with Crippen molar-refractivity contribution in [2.45, 2.75) is 20.3 Å². The Morgan fingerprint density at radius 3 is 3.00 bits per heavy atom. The van der Waals surface area contributed by atoms with Crippen molar-refractivity contribution in [3.05, 3.63) is 23.3 Å². The molecule has 0 aromatic heterocycles. The van der Waals surface area contributed by atoms with Gasteiger partial charge in [0.15, 0.2) is 0 Å². The Morgan fingerprint density at radius 2 is 2.23 bits per heavy atom. The van der Waals surface area contributed by atoms with Gasteiger partial charge in [-0.25, -0.2) is 0 Å². The zero-order chi connectivity index (χ0) is 9.42. The van der Waals surface area contributed by atoms with Gasteiger partial charge in [-0.1, -0.05) is 6.92 Å². The normalized spacial score (nSPS) is 20.6. The van der Waals surface area contributed by atoms with E-state index in [9.17, 15) is 5.11 Å². The molecule has 2 rings (SSSR count). The molecule has 1 aliphatic heterocycles. The molecular weight excluding hydrogens is 164 g/mol. The SMILES string of the molecule is Cc1cc(O)cc2c1CC(C)CO2. The second-order valence-electron chi connectivity index (χ2n) is 3.86. The van der Waals surface area contributed by atoms with Crippen molar-refractivity contribution in [2.75, 3.05) is 6.61 Å². The standard InChI is InChI=1S/C11H14O2/c1-7-3-10-8(2)4-9(12)5-11(10)13-6-7/h4-5,7,12H,3,6H2,1-2H3. The maximum Gasteiger partial charge on any atom is 0.126 e. The van der Waals surface area contributed by atoms with Gasteiger partial charge in [-0.05, 0) is 36.5 Å². The van der Waals surface area contributed by atoms with Crippen LogP contribution in [0, 0.1) is 12.8 Å². The van der Waals surface area contributed by atoms with Gasteiger partial charge < -0.3 is 9.84 Å². The third-order valence-corrected chi connectivity index (χ3v) is 2.49. The number of fused-ring (bicyclic) bond motifs is 1. The number of ether oxygens (including phenoxy) is 1. The van der Waals surface area contributed by atoms with Gasteiger partial charge in [0.1, 0.15) is 11.5 Å². The average molecular weight is 178 g/mol. The van der Waals surface area contributed by atoms with Crippen molar-refractivity contribution in [3.8, 4) is 11.5 Å². The molecule has 2 nitrogen and oxygen atoms in total. The van der Waals surface area contributed by atoms with E-state index in [1.807, 2.05) is 6.92 Å². The fraction of sp³-hybridized carbons (Fsp3) is 0.455. The molecule has 13 heavy (non-hydrogen) atoms. The molecule has 1 aliphatic rings. The molecule has 0 amide bonds. The molecule has 1 heterocycles. The molecule has 1 atom stereocenters. The predicted octanol–water partition coefficient (Wildman–Crippen LogP) is 2.27. The minimum absolute atomic E-state index is 0.297. The number of aryl methyl sites for hydroxylation is 1. The molecule has 0 fully saturated rings. The smallest absolute Gasteiger partial charge is 0.126 e. The summed E-state index contributed by atoms with van der Waals surface area (Å²) in [6, 6.07) is 3.49. The van der Waals surface area contributed by atoms with Crippen molar-refractivity contribution in [3.63, 3.8) is 0 Å². The van der Waals surface area contributed by atoms with E-state index in [2.05, 4.69) is 6.92 Å². The van der Waals surface area contributed by atoms with Crippen LogP contribution < -0.4 is 4.74 Å². The third kappa shape index (κ3) is 1.48. The highest BCUT2D eigenvalue weighted by molar-refractivity contribution is 5.46. The van der Waals surface area contributed by atoms with E-state index in [0.717, 1.165) is 24.3 Å². The molecule has 1 aromatic carbocycles. The highest BCUT2D eigenvalue weighted by atomic mass is 16.5. The van der Waals surface area contributed by atoms with Gasteiger partial charge in [0.25, 0.3) is 0 Å². The quantitative estimate of drug-likeness (QED) is 0.660. The van der Waals surface area contributed by atoms with E-state index in [1.165, 1.54) is 5.56 Å². The lowest BCUT2D eigenvalue weighted by molar-refractivity contribution is 0.232. The van der Waals surface area contributed by atoms with Gasteiger partial charge in [-0.15, -0.1) is 0 Å². The maximum atomic E-state index is 9.35. The van der Waals surface area contributed by atoms with E-state index in [4.69, 9.17) is 4.74 Å². The van der Waals surface area contributed by atoms with Crippen molar-refractivity contribution in [1.82, 2.24) is 0 Å². The van der Waals surface area contributed by atoms with E-state index in [1.54, 1.807) is 12.1 Å². The maximum absolute atomic E-state index is 9.35. The largest absolute Gasteiger partial charge is 0.508 e. The molecule has 1 aromatic rings. The molecule has 0 aliphatic carbocycles. The molecule has 2 heteroatoms. The summed E-state index contributed by atoms with van der Waals surface area (Å²) in [5.41, 5.74) is 2.37. The van der Waals surface area contributed by atoms with Crippen molar-refractivity contribution < 1.29 is 9.84 Å². The first-order valence-electron chi connectivity index (χ1n) is 4.62. The molecule has 0 saturated heterocycles. The Labute approximate surface area is 78.2 Å². The zero-order valence-electron chi connectivity index (χ0n) is 8.00. The van der Waals surface area contributed by atoms with Gasteiger partial charge in [-0.3, -0.25) is 0 Å². The number of phenolic OH excluding ortho intramolecular Hbond substituents is 1. The second kappa shape index (κ2) is 2.95. The number of aromatic hydroxyl groups is 1. The molecule has 1 unspecified atom stereocenters. The van der Waals surface area contributed by atoms with E-state index in [0.29, 0.717) is 11.7 Å². The van der Waals surface area contributed by atoms with Crippen molar-refractivity contribution >= 4 is 0 Å². The zero-order valence-corrected chi connectivity index (χ0v) is 8.00. The minimum Gasteiger partial charge on any atom is -0.508 e. The highest BCUT2D eigenvalue weighted by Crippen LogP contribution is 2.33. The lowest BCUT2D eigenvalue weighted by Gasteiger charge is -2.24. The van der Waals surface area contributed by atoms with Crippen LogP contribution in [0.4, 0.5) is 0 Å². The summed E-state index contributed by atoms with van der Waals surface area (Å²) in [7, 11) is 0. The Bertz CT molecular complexity index is 331. The van der Waals surface area contributed by atoms with Crippen molar-refractivity contribution in [1.29, 1.82) is 0 Å². The van der Waals surface area contributed by atoms with Crippen LogP contribution in [0.5, 0.6) is 11.5 Å². The Balaban J connectivity index is 2.47. The number of hydrogen-bond acceptors (Lipinski definition) is 2. The van der Waals surface area contributed by atoms with E-state index < -0.39 is 0 Å². The lowest BCUT2D eigenvalue weighted by Crippen LogP contribution is -2.18. The average Bonchev–Trinajstić information content (AvgIpc) is 2.06. The van der Waals surface area contributed by atoms with Crippen LogP contribution in [-0.4, -0.2) is 11.7 Å². The summed E-state index contributed by atoms with van der Waals surface area (Å²) in [5, 5.41) is 9.35. The summed E-state index contributed by atoms with van der Waals surface area (Å²) < 4.78 is 5.54. The summed E-state index contributed by atoms with van der Waals surface area (Å²) in [6.45, 7) is 4.95. The van der Waals surface area contributed by atoms with Gasteiger partial charge in [0.2, 0.25) is 0 Å². The fourth-order valence-electron chi connectivity index (χ4n) is 1.80. The summed E-state index contributed by atoms with van der Waals surface area (Å²) >= 11 is 0. The number of rotatable bonds is 0. The monoisotopic (exact) mass is 178 g/mol. The first kappa shape index (κ1) is 8.42. The Morgan fingerprint density at radius 1 is 1.46 bits per heavy atom. The highest BCUT2D eigenvalue weighted by Gasteiger charge is 2.18. The lowest BCUT2D eigenvalue weighted by atomic mass is 9.94. The molecule has 0 radical (unpaired) electrons. The number of phenols is 1. The Hall–Kier alpha value is -1.18. The van der Waals surface area contributed by atoms with E-state index >= 15 is 0 Å². The van der Waals surface area contributed by atoms with Crippen LogP contribution in [0.25, 0.3) is 0 Å². The first-order valence-corrected chi connectivity index (χ1v) is 4.62. The minimum atomic E-state index is 0.297. The van der Waals surface area contributed by atoms with Gasteiger partial charge in [-0.2, -0.15) is 0 Å². The molecule has 0 saturated carbocycles. The fourth-order valence-corrected chi connectivity index (χ4v) is 1.80. The molecule has 0 bridgehead atoms. The summed E-state index contributed by atoms with van der Waals surface area (Å²) in [5.74, 6) is 1.73. The second-order valence-corrected chi connectivity index (χ2v) is 3.86. The summed E-state index contributed by atoms with van der Waals surface area (Å²) in [4.78, 5) is 0. The number of hydrogen-bond donors (Lipinski definition) is 1. The third-order valence-electron chi connectivity index (χ3n) is 2.49. The van der Waals surface area contributed by atoms with Crippen molar-refractivity contribution in [2.24, 2.45) is 5.92 Å². The van der Waals surface area contributed by atoms with E-state index in [-0.39, 0.29) is 0 Å². The Kier molecular flexibility index (Phi) is 1.91. The van der Waals surface area contributed by atoms with Crippen LogP contribution in [0.2, 0.25) is 0 Å². The van der Waals surface area contributed by atoms with Gasteiger partial charge in [0, 0.05) is 6.07 Å². The van der Waals surface area contributed by atoms with Gasteiger partial charge >= 0.3 is 0 Å². The van der Waals surface area contributed by atoms with Crippen LogP contribution >= 0.6 is 0 Å². The number of benzene rings is 1. The van der Waals surface area contributed by atoms with Crippen LogP contribution in [0.15, 0.2) is 12.1 Å². The van der Waals surface area contributed by atoms with Gasteiger partial charge in [0.05, 0.1) is 6.61 Å². The molecular formula is C11H14O2. The van der Waals surface area contributed by atoms with Crippen LogP contribution in [-0.2, 0) is 6.42 Å². The molecule has 1 N–H and O–H groups in total. The van der Waals surface area contributed by atoms with Crippen LogP contribution in [0.3, 0.4) is 0 Å². The van der Waals surface area contributed by atoms with Crippen LogP contribution in [0.1, 0.15) is 18.1 Å². The topological polar surface area (TPSA) is 29.5 Å². The first-order chi connectivity index (χ1) is 6.16. The summed E-state index contributed by atoms with van der Waals surface area (Å²) in [6.07, 6.45) is 1.06. The molecule has 70 valence electrons. The molecule has 0 spiro atoms.